The van der Waals surface area contributed by atoms with Crippen LogP contribution in [0.25, 0.3) is 11.4 Å². The fraction of sp³-hybridized carbons (Fsp3) is 0.167. The molecule has 0 bridgehead atoms. The maximum absolute atomic E-state index is 5.81. The van der Waals surface area contributed by atoms with Crippen molar-refractivity contribution in [2.75, 3.05) is 7.11 Å². The zero-order valence-electron chi connectivity index (χ0n) is 13.1. The van der Waals surface area contributed by atoms with E-state index in [-0.39, 0.29) is 0 Å². The van der Waals surface area contributed by atoms with Gasteiger partial charge in [-0.15, -0.1) is 0 Å². The second-order valence-electron chi connectivity index (χ2n) is 5.05. The van der Waals surface area contributed by atoms with Gasteiger partial charge in [0.15, 0.2) is 5.82 Å². The molecule has 0 atom stereocenters. The van der Waals surface area contributed by atoms with Crippen LogP contribution in [0.3, 0.4) is 0 Å². The largest absolute Gasteiger partial charge is 0.497 e. The van der Waals surface area contributed by atoms with Crippen molar-refractivity contribution in [3.05, 3.63) is 66.1 Å². The number of methoxy groups -OCH3 is 1. The third kappa shape index (κ3) is 3.83. The maximum Gasteiger partial charge on any atom is 0.217 e. The van der Waals surface area contributed by atoms with E-state index in [1.165, 1.54) is 0 Å². The number of pyridine rings is 1. The summed E-state index contributed by atoms with van der Waals surface area (Å²) in [7, 11) is 1.65. The Morgan fingerprint density at radius 1 is 1.00 bits per heavy atom. The number of hydrogen-bond donors (Lipinski definition) is 0. The number of aryl methyl sites for hydroxylation is 1. The number of ether oxygens (including phenoxy) is 2. The SMILES string of the molecule is COc1cccc(COc2cc(C)nc(-c3ccncc3)n2)c1. The van der Waals surface area contributed by atoms with E-state index >= 15 is 0 Å². The minimum absolute atomic E-state index is 0.420. The van der Waals surface area contributed by atoms with Gasteiger partial charge < -0.3 is 9.47 Å². The first kappa shape index (κ1) is 15.0. The minimum Gasteiger partial charge on any atom is -0.497 e. The Morgan fingerprint density at radius 3 is 2.61 bits per heavy atom. The molecule has 5 nitrogen and oxygen atoms in total. The second kappa shape index (κ2) is 6.87. The molecule has 2 heterocycles. The molecule has 0 aliphatic heterocycles. The molecule has 5 heteroatoms. The number of aromatic nitrogens is 3. The van der Waals surface area contributed by atoms with Crippen LogP contribution in [0.4, 0.5) is 0 Å². The summed E-state index contributed by atoms with van der Waals surface area (Å²) in [6, 6.07) is 13.3. The Balaban J connectivity index is 1.79. The van der Waals surface area contributed by atoms with Gasteiger partial charge in [-0.2, -0.15) is 4.98 Å². The Kier molecular flexibility index (Phi) is 4.47. The van der Waals surface area contributed by atoms with E-state index in [2.05, 4.69) is 15.0 Å². The highest BCUT2D eigenvalue weighted by atomic mass is 16.5. The molecule has 0 aliphatic rings. The first-order chi connectivity index (χ1) is 11.2. The van der Waals surface area contributed by atoms with Crippen LogP contribution in [0.15, 0.2) is 54.9 Å². The van der Waals surface area contributed by atoms with Gasteiger partial charge in [0.05, 0.1) is 7.11 Å². The van der Waals surface area contributed by atoms with Gasteiger partial charge in [-0.3, -0.25) is 4.98 Å². The van der Waals surface area contributed by atoms with Gasteiger partial charge in [0.25, 0.3) is 0 Å². The number of hydrogen-bond acceptors (Lipinski definition) is 5. The van der Waals surface area contributed by atoms with Crippen LogP contribution in [-0.2, 0) is 6.61 Å². The van der Waals surface area contributed by atoms with Crippen molar-refractivity contribution in [2.24, 2.45) is 0 Å². The topological polar surface area (TPSA) is 57.1 Å². The summed E-state index contributed by atoms with van der Waals surface area (Å²) < 4.78 is 11.0. The zero-order valence-corrected chi connectivity index (χ0v) is 13.1. The smallest absolute Gasteiger partial charge is 0.217 e. The molecule has 23 heavy (non-hydrogen) atoms. The van der Waals surface area contributed by atoms with Gasteiger partial charge >= 0.3 is 0 Å². The van der Waals surface area contributed by atoms with Crippen molar-refractivity contribution in [1.29, 1.82) is 0 Å². The predicted molar refractivity (Wildman–Crippen MR) is 87.3 cm³/mol. The molecule has 3 aromatic rings. The van der Waals surface area contributed by atoms with Crippen molar-refractivity contribution < 1.29 is 9.47 Å². The van der Waals surface area contributed by atoms with Crippen LogP contribution in [0.2, 0.25) is 0 Å². The van der Waals surface area contributed by atoms with Crippen molar-refractivity contribution in [1.82, 2.24) is 15.0 Å². The third-order valence-corrected chi connectivity index (χ3v) is 3.29. The summed E-state index contributed by atoms with van der Waals surface area (Å²) in [5.41, 5.74) is 2.79. The highest BCUT2D eigenvalue weighted by Crippen LogP contribution is 2.20. The molecule has 3 rings (SSSR count). The monoisotopic (exact) mass is 307 g/mol. The molecule has 0 aliphatic carbocycles. The summed E-state index contributed by atoms with van der Waals surface area (Å²) in [6.07, 6.45) is 3.44. The minimum atomic E-state index is 0.420. The molecule has 0 N–H and O–H groups in total. The number of benzene rings is 1. The van der Waals surface area contributed by atoms with Crippen molar-refractivity contribution >= 4 is 0 Å². The van der Waals surface area contributed by atoms with Gasteiger partial charge in [-0.25, -0.2) is 4.98 Å². The van der Waals surface area contributed by atoms with Gasteiger partial charge in [0, 0.05) is 29.7 Å². The highest BCUT2D eigenvalue weighted by molar-refractivity contribution is 5.54. The van der Waals surface area contributed by atoms with Crippen LogP contribution in [0.5, 0.6) is 11.6 Å². The first-order valence-electron chi connectivity index (χ1n) is 7.26. The summed E-state index contributed by atoms with van der Waals surface area (Å²) in [4.78, 5) is 12.9. The molecule has 0 radical (unpaired) electrons. The average Bonchev–Trinajstić information content (AvgIpc) is 2.60. The van der Waals surface area contributed by atoms with E-state index in [0.29, 0.717) is 18.3 Å². The lowest BCUT2D eigenvalue weighted by molar-refractivity contribution is 0.292. The molecule has 0 unspecified atom stereocenters. The lowest BCUT2D eigenvalue weighted by atomic mass is 10.2. The van der Waals surface area contributed by atoms with Crippen molar-refractivity contribution in [2.45, 2.75) is 13.5 Å². The molecule has 0 amide bonds. The van der Waals surface area contributed by atoms with E-state index in [1.807, 2.05) is 49.4 Å². The summed E-state index contributed by atoms with van der Waals surface area (Å²) in [5, 5.41) is 0. The lowest BCUT2D eigenvalue weighted by Crippen LogP contribution is -2.01. The fourth-order valence-electron chi connectivity index (χ4n) is 2.16. The molecule has 0 saturated carbocycles. The molecule has 2 aromatic heterocycles. The van der Waals surface area contributed by atoms with Crippen molar-refractivity contribution in [3.63, 3.8) is 0 Å². The quantitative estimate of drug-likeness (QED) is 0.722. The Bertz CT molecular complexity index is 791. The van der Waals surface area contributed by atoms with Gasteiger partial charge in [-0.05, 0) is 36.8 Å². The van der Waals surface area contributed by atoms with Gasteiger partial charge in [0.2, 0.25) is 5.88 Å². The molecule has 0 spiro atoms. The predicted octanol–water partition coefficient (Wildman–Crippen LogP) is 3.43. The third-order valence-electron chi connectivity index (χ3n) is 3.29. The van der Waals surface area contributed by atoms with Gasteiger partial charge in [0.1, 0.15) is 12.4 Å². The summed E-state index contributed by atoms with van der Waals surface area (Å²) >= 11 is 0. The first-order valence-corrected chi connectivity index (χ1v) is 7.26. The summed E-state index contributed by atoms with van der Waals surface area (Å²) in [5.74, 6) is 1.99. The summed E-state index contributed by atoms with van der Waals surface area (Å²) in [6.45, 7) is 2.34. The second-order valence-corrected chi connectivity index (χ2v) is 5.05. The van der Waals surface area contributed by atoms with Crippen LogP contribution in [0, 0.1) is 6.92 Å². The number of nitrogens with zero attached hydrogens (tertiary/aromatic N) is 3. The Labute approximate surface area is 135 Å². The van der Waals surface area contributed by atoms with E-state index in [9.17, 15) is 0 Å². The maximum atomic E-state index is 5.81. The van der Waals surface area contributed by atoms with E-state index < -0.39 is 0 Å². The van der Waals surface area contributed by atoms with Crippen LogP contribution in [0.1, 0.15) is 11.3 Å². The number of rotatable bonds is 5. The van der Waals surface area contributed by atoms with Crippen LogP contribution >= 0.6 is 0 Å². The molecular weight excluding hydrogens is 290 g/mol. The molecule has 1 aromatic carbocycles. The molecular formula is C18H17N3O2. The highest BCUT2D eigenvalue weighted by Gasteiger charge is 2.06. The van der Waals surface area contributed by atoms with E-state index in [1.54, 1.807) is 19.5 Å². The molecule has 0 fully saturated rings. The normalized spacial score (nSPS) is 10.3. The fourth-order valence-corrected chi connectivity index (χ4v) is 2.16. The standard InChI is InChI=1S/C18H17N3O2/c1-13-10-17(21-18(20-13)15-6-8-19-9-7-15)23-12-14-4-3-5-16(11-14)22-2/h3-11H,12H2,1-2H3. The van der Waals surface area contributed by atoms with E-state index in [4.69, 9.17) is 9.47 Å². The molecule has 0 saturated heterocycles. The van der Waals surface area contributed by atoms with Crippen LogP contribution in [-0.4, -0.2) is 22.1 Å². The van der Waals surface area contributed by atoms with Crippen molar-refractivity contribution in [3.8, 4) is 23.0 Å². The van der Waals surface area contributed by atoms with Crippen LogP contribution < -0.4 is 9.47 Å². The van der Waals surface area contributed by atoms with E-state index in [0.717, 1.165) is 22.6 Å². The zero-order chi connectivity index (χ0) is 16.1. The Morgan fingerprint density at radius 2 is 1.83 bits per heavy atom. The lowest BCUT2D eigenvalue weighted by Gasteiger charge is -2.09. The average molecular weight is 307 g/mol. The Hall–Kier alpha value is -2.95. The molecule has 116 valence electrons. The van der Waals surface area contributed by atoms with Gasteiger partial charge in [-0.1, -0.05) is 12.1 Å².